The Bertz CT molecular complexity index is 2180. The second kappa shape index (κ2) is 10.3. The van der Waals surface area contributed by atoms with Crippen molar-refractivity contribution in [2.24, 2.45) is 0 Å². The molecule has 0 amide bonds. The third-order valence-corrected chi connectivity index (χ3v) is 9.24. The van der Waals surface area contributed by atoms with Gasteiger partial charge in [-0.2, -0.15) is 0 Å². The summed E-state index contributed by atoms with van der Waals surface area (Å²) in [5, 5.41) is 5.13. The zero-order valence-electron chi connectivity index (χ0n) is 22.9. The van der Waals surface area contributed by atoms with E-state index in [1.807, 2.05) is 11.3 Å². The summed E-state index contributed by atoms with van der Waals surface area (Å²) < 4.78 is 2.62. The first-order chi connectivity index (χ1) is 20.9. The molecule has 2 heteroatoms. The Morgan fingerprint density at radius 1 is 0.429 bits per heavy atom. The minimum absolute atomic E-state index is 1.13. The minimum atomic E-state index is 1.13. The van der Waals surface area contributed by atoms with Crippen molar-refractivity contribution in [3.63, 3.8) is 0 Å². The van der Waals surface area contributed by atoms with Crippen LogP contribution in [0.3, 0.4) is 0 Å². The number of rotatable bonds is 5. The molecule has 198 valence electrons. The molecule has 8 rings (SSSR count). The van der Waals surface area contributed by atoms with E-state index in [1.165, 1.54) is 58.9 Å². The van der Waals surface area contributed by atoms with E-state index in [9.17, 15) is 0 Å². The van der Waals surface area contributed by atoms with E-state index < -0.39 is 0 Å². The van der Waals surface area contributed by atoms with Crippen LogP contribution in [0.1, 0.15) is 0 Å². The molecule has 0 spiro atoms. The van der Waals surface area contributed by atoms with Crippen LogP contribution in [0, 0.1) is 0 Å². The molecule has 0 atom stereocenters. The first-order valence-corrected chi connectivity index (χ1v) is 15.1. The average Bonchev–Trinajstić information content (AvgIpc) is 3.46. The molecular weight excluding hydrogens is 527 g/mol. The highest BCUT2D eigenvalue weighted by molar-refractivity contribution is 7.26. The lowest BCUT2D eigenvalue weighted by Crippen LogP contribution is -2.13. The zero-order valence-corrected chi connectivity index (χ0v) is 23.8. The van der Waals surface area contributed by atoms with Crippen LogP contribution < -0.4 is 4.90 Å². The normalized spacial score (nSPS) is 11.3. The number of para-hydroxylation sites is 2. The second-order valence-corrected chi connectivity index (χ2v) is 11.5. The Morgan fingerprint density at radius 3 is 1.71 bits per heavy atom. The fourth-order valence-electron chi connectivity index (χ4n) is 6.24. The molecule has 8 aromatic rings. The van der Waals surface area contributed by atoms with Crippen LogP contribution in [0.25, 0.3) is 53.2 Å². The van der Waals surface area contributed by atoms with Crippen LogP contribution >= 0.6 is 11.3 Å². The number of benzene rings is 7. The van der Waals surface area contributed by atoms with Crippen LogP contribution in [-0.4, -0.2) is 0 Å². The van der Waals surface area contributed by atoms with Gasteiger partial charge in [0.1, 0.15) is 0 Å². The molecule has 0 fully saturated rings. The van der Waals surface area contributed by atoms with Gasteiger partial charge in [-0.25, -0.2) is 0 Å². The van der Waals surface area contributed by atoms with Gasteiger partial charge in [-0.3, -0.25) is 0 Å². The molecule has 0 bridgehead atoms. The number of anilines is 3. The lowest BCUT2D eigenvalue weighted by atomic mass is 9.91. The lowest BCUT2D eigenvalue weighted by molar-refractivity contribution is 1.30. The van der Waals surface area contributed by atoms with Gasteiger partial charge >= 0.3 is 0 Å². The first kappa shape index (κ1) is 24.6. The summed E-state index contributed by atoms with van der Waals surface area (Å²) in [4.78, 5) is 2.50. The molecule has 0 N–H and O–H groups in total. The van der Waals surface area contributed by atoms with Crippen molar-refractivity contribution in [3.8, 4) is 22.3 Å². The van der Waals surface area contributed by atoms with E-state index in [2.05, 4.69) is 169 Å². The van der Waals surface area contributed by atoms with Crippen LogP contribution in [0.2, 0.25) is 0 Å². The van der Waals surface area contributed by atoms with Crippen LogP contribution in [0.5, 0.6) is 0 Å². The maximum Gasteiger partial charge on any atom is 0.0639 e. The number of thiophene rings is 1. The van der Waals surface area contributed by atoms with Crippen molar-refractivity contribution in [2.45, 2.75) is 0 Å². The van der Waals surface area contributed by atoms with Crippen molar-refractivity contribution in [3.05, 3.63) is 164 Å². The van der Waals surface area contributed by atoms with E-state index in [1.54, 1.807) is 0 Å². The van der Waals surface area contributed by atoms with Crippen molar-refractivity contribution in [1.29, 1.82) is 0 Å². The molecule has 0 saturated carbocycles. The van der Waals surface area contributed by atoms with Crippen molar-refractivity contribution in [2.75, 3.05) is 4.90 Å². The summed E-state index contributed by atoms with van der Waals surface area (Å²) in [6.07, 6.45) is 0. The van der Waals surface area contributed by atoms with Crippen molar-refractivity contribution >= 4 is 59.3 Å². The van der Waals surface area contributed by atoms with Gasteiger partial charge in [-0.15, -0.1) is 11.3 Å². The molecule has 7 aromatic carbocycles. The Balaban J connectivity index is 1.61. The quantitative estimate of drug-likeness (QED) is 0.205. The topological polar surface area (TPSA) is 3.24 Å². The third-order valence-electron chi connectivity index (χ3n) is 8.04. The van der Waals surface area contributed by atoms with Gasteiger partial charge in [-0.1, -0.05) is 140 Å². The molecule has 0 unspecified atom stereocenters. The Labute approximate surface area is 249 Å². The highest BCUT2D eigenvalue weighted by Gasteiger charge is 2.27. The van der Waals surface area contributed by atoms with E-state index >= 15 is 0 Å². The third kappa shape index (κ3) is 4.00. The van der Waals surface area contributed by atoms with Crippen LogP contribution in [0.15, 0.2) is 164 Å². The molecule has 0 saturated heterocycles. The van der Waals surface area contributed by atoms with E-state index in [0.29, 0.717) is 0 Å². The fraction of sp³-hybridized carbons (Fsp3) is 0. The van der Waals surface area contributed by atoms with Gasteiger partial charge in [0.15, 0.2) is 0 Å². The highest BCUT2D eigenvalue weighted by atomic mass is 32.1. The average molecular weight is 554 g/mol. The van der Waals surface area contributed by atoms with Crippen LogP contribution in [-0.2, 0) is 0 Å². The maximum absolute atomic E-state index is 2.50. The molecule has 0 radical (unpaired) electrons. The summed E-state index contributed by atoms with van der Waals surface area (Å²) >= 11 is 1.89. The SMILES string of the molecule is c1ccc(-c2ccccc2N(c2ccccc2)c2c(-c3ccccc3)c3ccccc3c3sc4ccccc4c23)cc1. The molecule has 0 aliphatic carbocycles. The number of fused-ring (bicyclic) bond motifs is 5. The number of hydrogen-bond donors (Lipinski definition) is 0. The van der Waals surface area contributed by atoms with E-state index in [0.717, 1.165) is 11.4 Å². The maximum atomic E-state index is 2.50. The van der Waals surface area contributed by atoms with Gasteiger partial charge in [0, 0.05) is 42.4 Å². The molecule has 0 aliphatic heterocycles. The molecular formula is C40H27NS. The first-order valence-electron chi connectivity index (χ1n) is 14.3. The molecule has 1 nitrogen and oxygen atoms in total. The summed E-state index contributed by atoms with van der Waals surface area (Å²) in [5.74, 6) is 0. The standard InChI is InChI=1S/C40H27NS/c1-4-16-28(17-5-1)31-22-12-14-26-35(31)41(30-20-8-3-9-21-30)39-37(29-18-6-2-7-19-29)32-23-10-11-24-33(32)40-38(39)34-25-13-15-27-36(34)42-40/h1-27H. The predicted molar refractivity (Wildman–Crippen MR) is 182 cm³/mol. The molecule has 1 heterocycles. The second-order valence-electron chi connectivity index (χ2n) is 10.5. The van der Waals surface area contributed by atoms with Crippen molar-refractivity contribution in [1.82, 2.24) is 0 Å². The van der Waals surface area contributed by atoms with Gasteiger partial charge < -0.3 is 4.90 Å². The minimum Gasteiger partial charge on any atom is -0.309 e. The van der Waals surface area contributed by atoms with Crippen molar-refractivity contribution < 1.29 is 0 Å². The summed E-state index contributed by atoms with van der Waals surface area (Å²) in [6.45, 7) is 0. The molecule has 0 aliphatic rings. The Kier molecular flexibility index (Phi) is 6.05. The predicted octanol–water partition coefficient (Wildman–Crippen LogP) is 12.0. The molecule has 1 aromatic heterocycles. The van der Waals surface area contributed by atoms with Gasteiger partial charge in [-0.05, 0) is 40.8 Å². The van der Waals surface area contributed by atoms with E-state index in [-0.39, 0.29) is 0 Å². The zero-order chi connectivity index (χ0) is 27.9. The largest absolute Gasteiger partial charge is 0.309 e. The fourth-order valence-corrected chi connectivity index (χ4v) is 7.48. The Morgan fingerprint density at radius 2 is 0.976 bits per heavy atom. The lowest BCUT2D eigenvalue weighted by Gasteiger charge is -2.31. The van der Waals surface area contributed by atoms with E-state index in [4.69, 9.17) is 0 Å². The number of nitrogens with zero attached hydrogens (tertiary/aromatic N) is 1. The number of hydrogen-bond acceptors (Lipinski definition) is 2. The van der Waals surface area contributed by atoms with Gasteiger partial charge in [0.25, 0.3) is 0 Å². The van der Waals surface area contributed by atoms with Crippen LogP contribution in [0.4, 0.5) is 17.1 Å². The summed E-state index contributed by atoms with van der Waals surface area (Å²) in [5.41, 5.74) is 8.34. The monoisotopic (exact) mass is 553 g/mol. The highest BCUT2D eigenvalue weighted by Crippen LogP contribution is 2.54. The van der Waals surface area contributed by atoms with Gasteiger partial charge in [0.2, 0.25) is 0 Å². The summed E-state index contributed by atoms with van der Waals surface area (Å²) in [7, 11) is 0. The summed E-state index contributed by atoms with van der Waals surface area (Å²) in [6, 6.07) is 59.0. The Hall–Kier alpha value is -5.18. The van der Waals surface area contributed by atoms with Gasteiger partial charge in [0.05, 0.1) is 11.4 Å². The molecule has 42 heavy (non-hydrogen) atoms. The smallest absolute Gasteiger partial charge is 0.0639 e.